The van der Waals surface area contributed by atoms with Gasteiger partial charge in [0.2, 0.25) is 0 Å². The van der Waals surface area contributed by atoms with Gasteiger partial charge in [-0.1, -0.05) is 6.07 Å². The topological polar surface area (TPSA) is 29.3 Å². The molecule has 74 valence electrons. The molecule has 0 saturated heterocycles. The van der Waals surface area contributed by atoms with E-state index in [4.69, 9.17) is 5.73 Å². The SMILES string of the molecule is CC(CN)N(C)CCc1cccs1. The van der Waals surface area contributed by atoms with E-state index in [0.29, 0.717) is 6.04 Å². The van der Waals surface area contributed by atoms with Crippen molar-refractivity contribution in [2.45, 2.75) is 19.4 Å². The molecule has 0 aliphatic carbocycles. The summed E-state index contributed by atoms with van der Waals surface area (Å²) in [6.45, 7) is 3.99. The van der Waals surface area contributed by atoms with Crippen LogP contribution in [0, 0.1) is 0 Å². The molecule has 1 aromatic heterocycles. The average Bonchev–Trinajstić information content (AvgIpc) is 2.65. The summed E-state index contributed by atoms with van der Waals surface area (Å²) in [6.07, 6.45) is 1.14. The van der Waals surface area contributed by atoms with E-state index in [2.05, 4.69) is 36.4 Å². The van der Waals surface area contributed by atoms with Crippen molar-refractivity contribution in [2.24, 2.45) is 5.73 Å². The summed E-state index contributed by atoms with van der Waals surface area (Å²) < 4.78 is 0. The van der Waals surface area contributed by atoms with Gasteiger partial charge in [-0.2, -0.15) is 0 Å². The molecular formula is C10H18N2S. The molecule has 1 heterocycles. The Balaban J connectivity index is 2.26. The first-order chi connectivity index (χ1) is 6.24. The number of hydrogen-bond donors (Lipinski definition) is 1. The zero-order chi connectivity index (χ0) is 9.68. The van der Waals surface area contributed by atoms with Crippen molar-refractivity contribution in [3.05, 3.63) is 22.4 Å². The van der Waals surface area contributed by atoms with Crippen molar-refractivity contribution in [3.8, 4) is 0 Å². The Labute approximate surface area is 84.4 Å². The second kappa shape index (κ2) is 5.37. The van der Waals surface area contributed by atoms with Gasteiger partial charge in [0.1, 0.15) is 0 Å². The lowest BCUT2D eigenvalue weighted by molar-refractivity contribution is 0.267. The van der Waals surface area contributed by atoms with Crippen molar-refractivity contribution < 1.29 is 0 Å². The highest BCUT2D eigenvalue weighted by Crippen LogP contribution is 2.09. The van der Waals surface area contributed by atoms with E-state index in [9.17, 15) is 0 Å². The maximum absolute atomic E-state index is 5.58. The van der Waals surface area contributed by atoms with Crippen LogP contribution in [0.15, 0.2) is 17.5 Å². The van der Waals surface area contributed by atoms with E-state index in [1.165, 1.54) is 4.88 Å². The molecule has 3 heteroatoms. The summed E-state index contributed by atoms with van der Waals surface area (Å²) in [5.74, 6) is 0. The third-order valence-corrected chi connectivity index (χ3v) is 3.32. The molecular weight excluding hydrogens is 180 g/mol. The van der Waals surface area contributed by atoms with Gasteiger partial charge in [0.25, 0.3) is 0 Å². The quantitative estimate of drug-likeness (QED) is 0.778. The van der Waals surface area contributed by atoms with Crippen LogP contribution < -0.4 is 5.73 Å². The van der Waals surface area contributed by atoms with Crippen molar-refractivity contribution in [3.63, 3.8) is 0 Å². The standard InChI is InChI=1S/C10H18N2S/c1-9(8-11)12(2)6-5-10-4-3-7-13-10/h3-4,7,9H,5-6,8,11H2,1-2H3. The lowest BCUT2D eigenvalue weighted by Gasteiger charge is -2.22. The van der Waals surface area contributed by atoms with Gasteiger partial charge in [0.05, 0.1) is 0 Å². The van der Waals surface area contributed by atoms with Crippen molar-refractivity contribution in [1.29, 1.82) is 0 Å². The summed E-state index contributed by atoms with van der Waals surface area (Å²) in [5, 5.41) is 2.13. The van der Waals surface area contributed by atoms with Gasteiger partial charge in [-0.25, -0.2) is 0 Å². The highest BCUT2D eigenvalue weighted by atomic mass is 32.1. The summed E-state index contributed by atoms with van der Waals surface area (Å²) in [7, 11) is 2.13. The number of nitrogens with zero attached hydrogens (tertiary/aromatic N) is 1. The van der Waals surface area contributed by atoms with E-state index >= 15 is 0 Å². The Kier molecular flexibility index (Phi) is 4.42. The minimum Gasteiger partial charge on any atom is -0.329 e. The molecule has 1 aromatic rings. The number of thiophene rings is 1. The van der Waals surface area contributed by atoms with E-state index < -0.39 is 0 Å². The van der Waals surface area contributed by atoms with E-state index in [1.807, 2.05) is 11.3 Å². The smallest absolute Gasteiger partial charge is 0.0187 e. The molecule has 2 N–H and O–H groups in total. The summed E-state index contributed by atoms with van der Waals surface area (Å²) in [4.78, 5) is 3.76. The maximum atomic E-state index is 5.58. The Morgan fingerprint density at radius 2 is 2.38 bits per heavy atom. The average molecular weight is 198 g/mol. The zero-order valence-corrected chi connectivity index (χ0v) is 9.18. The summed E-state index contributed by atoms with van der Waals surface area (Å²) in [6, 6.07) is 4.78. The van der Waals surface area contributed by atoms with Crippen molar-refractivity contribution in [1.82, 2.24) is 4.90 Å². The predicted octanol–water partition coefficient (Wildman–Crippen LogP) is 1.57. The molecule has 1 unspecified atom stereocenters. The Morgan fingerprint density at radius 1 is 1.62 bits per heavy atom. The first-order valence-electron chi connectivity index (χ1n) is 4.66. The lowest BCUT2D eigenvalue weighted by Crippen LogP contribution is -2.36. The molecule has 1 atom stereocenters. The van der Waals surface area contributed by atoms with Crippen LogP contribution in [0.4, 0.5) is 0 Å². The monoisotopic (exact) mass is 198 g/mol. The van der Waals surface area contributed by atoms with Gasteiger partial charge < -0.3 is 10.6 Å². The van der Waals surface area contributed by atoms with Gasteiger partial charge in [-0.3, -0.25) is 0 Å². The van der Waals surface area contributed by atoms with Crippen LogP contribution in [0.3, 0.4) is 0 Å². The molecule has 0 aliphatic rings. The highest BCUT2D eigenvalue weighted by molar-refractivity contribution is 7.09. The number of likely N-dealkylation sites (N-methyl/N-ethyl adjacent to an activating group) is 1. The molecule has 0 fully saturated rings. The molecule has 0 radical (unpaired) electrons. The lowest BCUT2D eigenvalue weighted by atomic mass is 10.2. The Bertz CT molecular complexity index is 221. The fourth-order valence-corrected chi connectivity index (χ4v) is 1.84. The molecule has 13 heavy (non-hydrogen) atoms. The van der Waals surface area contributed by atoms with Crippen molar-refractivity contribution in [2.75, 3.05) is 20.1 Å². The third-order valence-electron chi connectivity index (χ3n) is 2.38. The minimum atomic E-state index is 0.486. The van der Waals surface area contributed by atoms with Crippen LogP contribution in [0.5, 0.6) is 0 Å². The highest BCUT2D eigenvalue weighted by Gasteiger charge is 2.06. The van der Waals surface area contributed by atoms with Crippen LogP contribution in [0.2, 0.25) is 0 Å². The van der Waals surface area contributed by atoms with Gasteiger partial charge in [0, 0.05) is 24.0 Å². The van der Waals surface area contributed by atoms with E-state index in [-0.39, 0.29) is 0 Å². The third kappa shape index (κ3) is 3.46. The van der Waals surface area contributed by atoms with Gasteiger partial charge in [-0.05, 0) is 31.8 Å². The molecule has 0 aromatic carbocycles. The normalized spacial score (nSPS) is 13.5. The van der Waals surface area contributed by atoms with Gasteiger partial charge >= 0.3 is 0 Å². The Morgan fingerprint density at radius 3 is 2.92 bits per heavy atom. The van der Waals surface area contributed by atoms with Gasteiger partial charge in [-0.15, -0.1) is 11.3 Å². The summed E-state index contributed by atoms with van der Waals surface area (Å²) in [5.41, 5.74) is 5.58. The molecule has 0 aliphatic heterocycles. The van der Waals surface area contributed by atoms with Crippen LogP contribution >= 0.6 is 11.3 Å². The summed E-state index contributed by atoms with van der Waals surface area (Å²) >= 11 is 1.83. The molecule has 0 saturated carbocycles. The minimum absolute atomic E-state index is 0.486. The molecule has 0 spiro atoms. The van der Waals surface area contributed by atoms with Crippen LogP contribution in [-0.4, -0.2) is 31.1 Å². The second-order valence-corrected chi connectivity index (χ2v) is 4.43. The number of nitrogens with two attached hydrogens (primary N) is 1. The van der Waals surface area contributed by atoms with Crippen LogP contribution in [0.25, 0.3) is 0 Å². The first kappa shape index (κ1) is 10.7. The molecule has 1 rings (SSSR count). The van der Waals surface area contributed by atoms with Crippen LogP contribution in [0.1, 0.15) is 11.8 Å². The fraction of sp³-hybridized carbons (Fsp3) is 0.600. The first-order valence-corrected chi connectivity index (χ1v) is 5.54. The van der Waals surface area contributed by atoms with Crippen LogP contribution in [-0.2, 0) is 6.42 Å². The number of hydrogen-bond acceptors (Lipinski definition) is 3. The molecule has 2 nitrogen and oxygen atoms in total. The van der Waals surface area contributed by atoms with Gasteiger partial charge in [0.15, 0.2) is 0 Å². The Hall–Kier alpha value is -0.380. The molecule has 0 amide bonds. The largest absolute Gasteiger partial charge is 0.329 e. The fourth-order valence-electron chi connectivity index (χ4n) is 1.14. The van der Waals surface area contributed by atoms with E-state index in [0.717, 1.165) is 19.5 Å². The van der Waals surface area contributed by atoms with Crippen molar-refractivity contribution >= 4 is 11.3 Å². The zero-order valence-electron chi connectivity index (χ0n) is 8.36. The molecule has 0 bridgehead atoms. The van der Waals surface area contributed by atoms with E-state index in [1.54, 1.807) is 0 Å². The maximum Gasteiger partial charge on any atom is 0.0187 e. The second-order valence-electron chi connectivity index (χ2n) is 3.39. The number of rotatable bonds is 5. The predicted molar refractivity (Wildman–Crippen MR) is 59.2 cm³/mol.